The Morgan fingerprint density at radius 2 is 1.71 bits per heavy atom. The Morgan fingerprint density at radius 1 is 1.14 bits per heavy atom. The van der Waals surface area contributed by atoms with Crippen LogP contribution in [0.2, 0.25) is 0 Å². The second-order valence-electron chi connectivity index (χ2n) is 5.39. The summed E-state index contributed by atoms with van der Waals surface area (Å²) in [5, 5.41) is 11.0. The minimum absolute atomic E-state index is 0.0719. The molecule has 0 aliphatic heterocycles. The summed E-state index contributed by atoms with van der Waals surface area (Å²) in [4.78, 5) is 10.2. The Hall–Kier alpha value is -1.47. The Bertz CT molecular complexity index is 607. The number of nitro groups is 1. The fraction of sp³-hybridized carbons (Fsp3) is 0.571. The van der Waals surface area contributed by atoms with E-state index in [0.717, 1.165) is 38.5 Å². The second-order valence-corrected chi connectivity index (χ2v) is 7.36. The van der Waals surface area contributed by atoms with E-state index in [1.54, 1.807) is 0 Å². The number of nitrogens with zero attached hydrogens (tertiary/aromatic N) is 2. The summed E-state index contributed by atoms with van der Waals surface area (Å²) in [6.45, 7) is 0. The van der Waals surface area contributed by atoms with Crippen LogP contribution in [-0.2, 0) is 10.0 Å². The molecule has 21 heavy (non-hydrogen) atoms. The van der Waals surface area contributed by atoms with Crippen LogP contribution in [0.5, 0.6) is 0 Å². The molecule has 0 saturated heterocycles. The number of hydrogen-bond donors (Lipinski definition) is 0. The van der Waals surface area contributed by atoms with E-state index in [1.165, 1.54) is 35.6 Å². The van der Waals surface area contributed by atoms with Crippen molar-refractivity contribution in [3.8, 4) is 0 Å². The Morgan fingerprint density at radius 3 is 2.29 bits per heavy atom. The zero-order valence-corrected chi connectivity index (χ0v) is 12.9. The zero-order chi connectivity index (χ0) is 15.5. The van der Waals surface area contributed by atoms with E-state index in [2.05, 4.69) is 0 Å². The molecule has 0 spiro atoms. The predicted octanol–water partition coefficient (Wildman–Crippen LogP) is 2.94. The molecule has 0 heterocycles. The summed E-state index contributed by atoms with van der Waals surface area (Å²) >= 11 is 0. The van der Waals surface area contributed by atoms with Gasteiger partial charge in [-0.25, -0.2) is 8.42 Å². The summed E-state index contributed by atoms with van der Waals surface area (Å²) < 4.78 is 26.7. The van der Waals surface area contributed by atoms with Gasteiger partial charge in [0.15, 0.2) is 4.90 Å². The van der Waals surface area contributed by atoms with Crippen molar-refractivity contribution in [1.29, 1.82) is 0 Å². The van der Waals surface area contributed by atoms with Crippen LogP contribution in [0.15, 0.2) is 29.2 Å². The first-order valence-electron chi connectivity index (χ1n) is 7.16. The van der Waals surface area contributed by atoms with Gasteiger partial charge in [-0.05, 0) is 18.9 Å². The predicted molar refractivity (Wildman–Crippen MR) is 79.5 cm³/mol. The van der Waals surface area contributed by atoms with E-state index in [9.17, 15) is 18.5 Å². The van der Waals surface area contributed by atoms with Crippen molar-refractivity contribution in [2.45, 2.75) is 49.5 Å². The number of para-hydroxylation sites is 1. The van der Waals surface area contributed by atoms with Gasteiger partial charge in [0.05, 0.1) is 4.92 Å². The highest BCUT2D eigenvalue weighted by molar-refractivity contribution is 7.89. The van der Waals surface area contributed by atoms with Crippen molar-refractivity contribution in [2.24, 2.45) is 0 Å². The van der Waals surface area contributed by atoms with E-state index in [1.807, 2.05) is 0 Å². The first-order chi connectivity index (χ1) is 9.94. The van der Waals surface area contributed by atoms with Crippen molar-refractivity contribution < 1.29 is 13.3 Å². The molecule has 1 aliphatic rings. The Labute approximate surface area is 125 Å². The van der Waals surface area contributed by atoms with E-state index in [-0.39, 0.29) is 16.6 Å². The van der Waals surface area contributed by atoms with Crippen molar-refractivity contribution in [3.05, 3.63) is 34.4 Å². The topological polar surface area (TPSA) is 80.5 Å². The molecule has 1 aliphatic carbocycles. The lowest BCUT2D eigenvalue weighted by molar-refractivity contribution is -0.387. The Balaban J connectivity index is 2.35. The molecule has 0 bridgehead atoms. The van der Waals surface area contributed by atoms with Crippen LogP contribution >= 0.6 is 0 Å². The largest absolute Gasteiger partial charge is 0.289 e. The molecular formula is C14H20N2O4S. The zero-order valence-electron chi connectivity index (χ0n) is 12.1. The van der Waals surface area contributed by atoms with Crippen LogP contribution in [0.1, 0.15) is 38.5 Å². The molecule has 6 nitrogen and oxygen atoms in total. The van der Waals surface area contributed by atoms with Crippen LogP contribution in [0.25, 0.3) is 0 Å². The molecule has 0 amide bonds. The molecule has 1 saturated carbocycles. The summed E-state index contributed by atoms with van der Waals surface area (Å²) in [5.41, 5.74) is -0.363. The van der Waals surface area contributed by atoms with E-state index >= 15 is 0 Å². The maximum Gasteiger partial charge on any atom is 0.289 e. The first-order valence-corrected chi connectivity index (χ1v) is 8.60. The number of nitro benzene ring substituents is 1. The third kappa shape index (κ3) is 3.41. The van der Waals surface area contributed by atoms with Crippen molar-refractivity contribution in [3.63, 3.8) is 0 Å². The molecule has 7 heteroatoms. The van der Waals surface area contributed by atoms with Crippen molar-refractivity contribution in [1.82, 2.24) is 4.31 Å². The van der Waals surface area contributed by atoms with Gasteiger partial charge in [-0.2, -0.15) is 4.31 Å². The van der Waals surface area contributed by atoms with Crippen molar-refractivity contribution >= 4 is 15.7 Å². The maximum absolute atomic E-state index is 12.7. The molecule has 1 fully saturated rings. The summed E-state index contributed by atoms with van der Waals surface area (Å²) in [7, 11) is -2.31. The highest BCUT2D eigenvalue weighted by Crippen LogP contribution is 2.30. The van der Waals surface area contributed by atoms with E-state index < -0.39 is 14.9 Å². The normalized spacial score (nSPS) is 17.6. The smallest absolute Gasteiger partial charge is 0.258 e. The third-order valence-electron chi connectivity index (χ3n) is 4.06. The van der Waals surface area contributed by atoms with E-state index in [4.69, 9.17) is 0 Å². The molecule has 2 rings (SSSR count). The highest BCUT2D eigenvalue weighted by atomic mass is 32.2. The second kappa shape index (κ2) is 6.53. The van der Waals surface area contributed by atoms with Crippen LogP contribution in [0.3, 0.4) is 0 Å². The average Bonchev–Trinajstić information content (AvgIpc) is 2.75. The fourth-order valence-corrected chi connectivity index (χ4v) is 4.37. The lowest BCUT2D eigenvalue weighted by Crippen LogP contribution is -2.37. The first kappa shape index (κ1) is 15.9. The molecule has 0 atom stereocenters. The standard InChI is InChI=1S/C14H20N2O4S/c1-15(12-8-4-2-3-5-9-12)21(19,20)14-11-7-6-10-13(14)16(17)18/h6-7,10-12H,2-5,8-9H2,1H3. The van der Waals surface area contributed by atoms with Gasteiger partial charge >= 0.3 is 0 Å². The van der Waals surface area contributed by atoms with Crippen LogP contribution in [-0.4, -0.2) is 30.7 Å². The van der Waals surface area contributed by atoms with Gasteiger partial charge < -0.3 is 0 Å². The van der Waals surface area contributed by atoms with E-state index in [0.29, 0.717) is 0 Å². The Kier molecular flexibility index (Phi) is 4.95. The SMILES string of the molecule is CN(C1CCCCCC1)S(=O)(=O)c1ccccc1[N+](=O)[O-]. The van der Waals surface area contributed by atoms with Crippen LogP contribution in [0, 0.1) is 10.1 Å². The van der Waals surface area contributed by atoms with Gasteiger partial charge in [0.25, 0.3) is 5.69 Å². The third-order valence-corrected chi connectivity index (χ3v) is 6.02. The minimum atomic E-state index is -3.84. The van der Waals surface area contributed by atoms with Gasteiger partial charge in [0.2, 0.25) is 10.0 Å². The lowest BCUT2D eigenvalue weighted by Gasteiger charge is -2.26. The van der Waals surface area contributed by atoms with Crippen LogP contribution in [0.4, 0.5) is 5.69 Å². The lowest BCUT2D eigenvalue weighted by atomic mass is 10.1. The average molecular weight is 312 g/mol. The molecule has 0 radical (unpaired) electrons. The molecule has 116 valence electrons. The molecule has 0 unspecified atom stereocenters. The molecule has 0 aromatic heterocycles. The number of benzene rings is 1. The highest BCUT2D eigenvalue weighted by Gasteiger charge is 2.33. The van der Waals surface area contributed by atoms with Gasteiger partial charge in [-0.15, -0.1) is 0 Å². The molecule has 1 aromatic carbocycles. The summed E-state index contributed by atoms with van der Waals surface area (Å²) in [5.74, 6) is 0. The minimum Gasteiger partial charge on any atom is -0.258 e. The monoisotopic (exact) mass is 312 g/mol. The number of hydrogen-bond acceptors (Lipinski definition) is 4. The van der Waals surface area contributed by atoms with Gasteiger partial charge in [-0.3, -0.25) is 10.1 Å². The van der Waals surface area contributed by atoms with Crippen LogP contribution < -0.4 is 0 Å². The quantitative estimate of drug-likeness (QED) is 0.486. The maximum atomic E-state index is 12.7. The molecule has 0 N–H and O–H groups in total. The summed E-state index contributed by atoms with van der Waals surface area (Å²) in [6.07, 6.45) is 5.88. The fourth-order valence-electron chi connectivity index (χ4n) is 2.80. The molecular weight excluding hydrogens is 292 g/mol. The summed E-state index contributed by atoms with van der Waals surface area (Å²) in [6, 6.07) is 5.45. The van der Waals surface area contributed by atoms with Gasteiger partial charge in [-0.1, -0.05) is 37.8 Å². The van der Waals surface area contributed by atoms with Crippen molar-refractivity contribution in [2.75, 3.05) is 7.05 Å². The molecule has 1 aromatic rings. The number of rotatable bonds is 4. The van der Waals surface area contributed by atoms with Gasteiger partial charge in [0, 0.05) is 19.2 Å². The van der Waals surface area contributed by atoms with Gasteiger partial charge in [0.1, 0.15) is 0 Å². The number of sulfonamides is 1.